The van der Waals surface area contributed by atoms with Crippen molar-refractivity contribution in [1.82, 2.24) is 4.98 Å². The van der Waals surface area contributed by atoms with E-state index in [1.54, 1.807) is 12.1 Å². The molecule has 0 radical (unpaired) electrons. The zero-order valence-corrected chi connectivity index (χ0v) is 11.2. The van der Waals surface area contributed by atoms with Crippen LogP contribution < -0.4 is 5.32 Å². The van der Waals surface area contributed by atoms with Gasteiger partial charge < -0.3 is 14.8 Å². The maximum absolute atomic E-state index is 10.6. The van der Waals surface area contributed by atoms with Crippen LogP contribution in [-0.2, 0) is 6.42 Å². The summed E-state index contributed by atoms with van der Waals surface area (Å²) in [5.74, 6) is -1.13. The van der Waals surface area contributed by atoms with Gasteiger partial charge in [-0.2, -0.15) is 4.98 Å². The van der Waals surface area contributed by atoms with E-state index in [-0.39, 0.29) is 11.7 Å². The van der Waals surface area contributed by atoms with Crippen molar-refractivity contribution in [3.8, 4) is 0 Å². The number of benzene rings is 1. The van der Waals surface area contributed by atoms with Crippen LogP contribution in [0.25, 0.3) is 0 Å². The molecule has 0 spiro atoms. The molecular formula is C12H10Cl2N2O3. The van der Waals surface area contributed by atoms with Crippen molar-refractivity contribution in [3.63, 3.8) is 0 Å². The quantitative estimate of drug-likeness (QED) is 0.886. The summed E-state index contributed by atoms with van der Waals surface area (Å²) in [5, 5.41) is 12.7. The van der Waals surface area contributed by atoms with Gasteiger partial charge in [0.1, 0.15) is 6.26 Å². The maximum atomic E-state index is 10.6. The minimum atomic E-state index is -1.13. The molecule has 0 aliphatic heterocycles. The summed E-state index contributed by atoms with van der Waals surface area (Å²) in [5.41, 5.74) is 0.801. The zero-order valence-electron chi connectivity index (χ0n) is 9.69. The molecule has 0 amide bonds. The largest absolute Gasteiger partial charge is 0.476 e. The highest BCUT2D eigenvalue weighted by Crippen LogP contribution is 2.21. The monoisotopic (exact) mass is 300 g/mol. The minimum absolute atomic E-state index is 0.132. The highest BCUT2D eigenvalue weighted by Gasteiger charge is 2.09. The SMILES string of the molecule is O=C(O)c1coc(NCCc2ccc(Cl)cc2Cl)n1. The number of oxazole rings is 1. The first kappa shape index (κ1) is 13.7. The van der Waals surface area contributed by atoms with Crippen molar-refractivity contribution in [2.24, 2.45) is 0 Å². The fourth-order valence-electron chi connectivity index (χ4n) is 1.48. The van der Waals surface area contributed by atoms with E-state index in [4.69, 9.17) is 32.7 Å². The van der Waals surface area contributed by atoms with Crippen LogP contribution in [0.5, 0.6) is 0 Å². The average Bonchev–Trinajstić information content (AvgIpc) is 2.81. The maximum Gasteiger partial charge on any atom is 0.357 e. The molecule has 7 heteroatoms. The number of nitrogens with one attached hydrogen (secondary N) is 1. The number of nitrogens with zero attached hydrogens (tertiary/aromatic N) is 1. The third-order valence-electron chi connectivity index (χ3n) is 2.41. The van der Waals surface area contributed by atoms with Crippen LogP contribution in [0.2, 0.25) is 10.0 Å². The fourth-order valence-corrected chi connectivity index (χ4v) is 1.98. The zero-order chi connectivity index (χ0) is 13.8. The summed E-state index contributed by atoms with van der Waals surface area (Å²) in [6, 6.07) is 5.44. The number of aromatic carboxylic acids is 1. The van der Waals surface area contributed by atoms with Crippen molar-refractivity contribution in [1.29, 1.82) is 0 Å². The van der Waals surface area contributed by atoms with Gasteiger partial charge in [0.15, 0.2) is 5.69 Å². The topological polar surface area (TPSA) is 75.4 Å². The van der Waals surface area contributed by atoms with Gasteiger partial charge in [0.25, 0.3) is 6.01 Å². The third-order valence-corrected chi connectivity index (χ3v) is 3.00. The van der Waals surface area contributed by atoms with Crippen LogP contribution in [0.1, 0.15) is 16.1 Å². The van der Waals surface area contributed by atoms with E-state index in [9.17, 15) is 4.79 Å². The summed E-state index contributed by atoms with van der Waals surface area (Å²) in [7, 11) is 0. The lowest BCUT2D eigenvalue weighted by atomic mass is 10.1. The molecule has 2 N–H and O–H groups in total. The van der Waals surface area contributed by atoms with E-state index in [0.29, 0.717) is 23.0 Å². The summed E-state index contributed by atoms with van der Waals surface area (Å²) in [6.07, 6.45) is 1.72. The molecule has 0 bridgehead atoms. The number of anilines is 1. The van der Waals surface area contributed by atoms with Crippen molar-refractivity contribution in [2.45, 2.75) is 6.42 Å². The Hall–Kier alpha value is -1.72. The van der Waals surface area contributed by atoms with Crippen LogP contribution in [0.15, 0.2) is 28.9 Å². The van der Waals surface area contributed by atoms with Gasteiger partial charge in [0.05, 0.1) is 0 Å². The molecule has 1 aromatic carbocycles. The Kier molecular flexibility index (Phi) is 4.29. The van der Waals surface area contributed by atoms with Gasteiger partial charge in [0, 0.05) is 16.6 Å². The molecule has 0 unspecified atom stereocenters. The molecule has 0 aliphatic rings. The summed E-state index contributed by atoms with van der Waals surface area (Å²) < 4.78 is 4.96. The standard InChI is InChI=1S/C12H10Cl2N2O3/c13-8-2-1-7(9(14)5-8)3-4-15-12-16-10(6-19-12)11(17)18/h1-2,5-6H,3-4H2,(H,15,16)(H,17,18). The number of rotatable bonds is 5. The second kappa shape index (κ2) is 5.95. The van der Waals surface area contributed by atoms with Crippen LogP contribution in [-0.4, -0.2) is 22.6 Å². The minimum Gasteiger partial charge on any atom is -0.476 e. The van der Waals surface area contributed by atoms with E-state index in [1.807, 2.05) is 6.07 Å². The predicted octanol–water partition coefficient (Wildman–Crippen LogP) is 3.33. The molecule has 1 heterocycles. The van der Waals surface area contributed by atoms with E-state index >= 15 is 0 Å². The highest BCUT2D eigenvalue weighted by molar-refractivity contribution is 6.35. The molecule has 0 aliphatic carbocycles. The Bertz CT molecular complexity index is 598. The van der Waals surface area contributed by atoms with Gasteiger partial charge >= 0.3 is 5.97 Å². The van der Waals surface area contributed by atoms with Crippen LogP contribution in [0.4, 0.5) is 6.01 Å². The van der Waals surface area contributed by atoms with E-state index in [1.165, 1.54) is 0 Å². The Morgan fingerprint density at radius 3 is 2.84 bits per heavy atom. The first-order chi connectivity index (χ1) is 9.06. The average molecular weight is 301 g/mol. The Balaban J connectivity index is 1.90. The lowest BCUT2D eigenvalue weighted by molar-refractivity contribution is 0.0690. The van der Waals surface area contributed by atoms with Gasteiger partial charge in [-0.25, -0.2) is 4.79 Å². The van der Waals surface area contributed by atoms with E-state index < -0.39 is 5.97 Å². The molecule has 2 rings (SSSR count). The Labute approximate surface area is 119 Å². The summed E-state index contributed by atoms with van der Waals surface area (Å²) >= 11 is 11.8. The van der Waals surface area contributed by atoms with Crippen LogP contribution in [0.3, 0.4) is 0 Å². The normalized spacial score (nSPS) is 10.4. The van der Waals surface area contributed by atoms with Crippen molar-refractivity contribution in [3.05, 3.63) is 45.8 Å². The first-order valence-corrected chi connectivity index (χ1v) is 6.18. The van der Waals surface area contributed by atoms with Gasteiger partial charge in [-0.05, 0) is 24.1 Å². The smallest absolute Gasteiger partial charge is 0.357 e. The molecular weight excluding hydrogens is 291 g/mol. The number of carboxylic acids is 1. The molecule has 0 saturated heterocycles. The van der Waals surface area contributed by atoms with Crippen LogP contribution >= 0.6 is 23.2 Å². The number of aromatic nitrogens is 1. The third kappa shape index (κ3) is 3.62. The highest BCUT2D eigenvalue weighted by atomic mass is 35.5. The fraction of sp³-hybridized carbons (Fsp3) is 0.167. The summed E-state index contributed by atoms with van der Waals surface area (Å²) in [6.45, 7) is 0.515. The predicted molar refractivity (Wildman–Crippen MR) is 72.1 cm³/mol. The number of hydrogen-bond acceptors (Lipinski definition) is 4. The van der Waals surface area contributed by atoms with Gasteiger partial charge in [-0.1, -0.05) is 29.3 Å². The summed E-state index contributed by atoms with van der Waals surface area (Å²) in [4.78, 5) is 14.4. The molecule has 0 atom stereocenters. The molecule has 0 saturated carbocycles. The van der Waals surface area contributed by atoms with Gasteiger partial charge in [-0.3, -0.25) is 0 Å². The van der Waals surface area contributed by atoms with Crippen molar-refractivity contribution >= 4 is 35.2 Å². The second-order valence-corrected chi connectivity index (χ2v) is 4.60. The molecule has 5 nitrogen and oxygen atoms in total. The van der Waals surface area contributed by atoms with E-state index in [0.717, 1.165) is 11.8 Å². The molecule has 0 fully saturated rings. The second-order valence-electron chi connectivity index (χ2n) is 3.76. The number of carbonyl (C=O) groups is 1. The van der Waals surface area contributed by atoms with Gasteiger partial charge in [-0.15, -0.1) is 0 Å². The van der Waals surface area contributed by atoms with Crippen molar-refractivity contribution < 1.29 is 14.3 Å². The molecule has 2 aromatic rings. The number of halogens is 2. The van der Waals surface area contributed by atoms with Gasteiger partial charge in [0.2, 0.25) is 0 Å². The van der Waals surface area contributed by atoms with E-state index in [2.05, 4.69) is 10.3 Å². The molecule has 19 heavy (non-hydrogen) atoms. The number of hydrogen-bond donors (Lipinski definition) is 2. The lowest BCUT2D eigenvalue weighted by Gasteiger charge is -2.05. The molecule has 1 aromatic heterocycles. The van der Waals surface area contributed by atoms with Crippen molar-refractivity contribution in [2.75, 3.05) is 11.9 Å². The lowest BCUT2D eigenvalue weighted by Crippen LogP contribution is -2.06. The first-order valence-electron chi connectivity index (χ1n) is 5.43. The molecule has 100 valence electrons. The number of carboxylic acid groups (broad SMARTS) is 1. The van der Waals surface area contributed by atoms with Crippen LogP contribution in [0, 0.1) is 0 Å². The Morgan fingerprint density at radius 1 is 1.42 bits per heavy atom. The Morgan fingerprint density at radius 2 is 2.21 bits per heavy atom.